The van der Waals surface area contributed by atoms with Gasteiger partial charge in [0.15, 0.2) is 0 Å². The van der Waals surface area contributed by atoms with Gasteiger partial charge in [-0.05, 0) is 25.6 Å². The molecule has 1 atom stereocenters. The van der Waals surface area contributed by atoms with Gasteiger partial charge >= 0.3 is 0 Å². The lowest BCUT2D eigenvalue weighted by Gasteiger charge is -2.29. The molecule has 0 bridgehead atoms. The fourth-order valence-electron chi connectivity index (χ4n) is 3.11. The molecule has 0 aliphatic carbocycles. The highest BCUT2D eigenvalue weighted by atomic mass is 16.5. The average molecular weight is 306 g/mol. The highest BCUT2D eigenvalue weighted by Gasteiger charge is 2.21. The molecule has 22 heavy (non-hydrogen) atoms. The van der Waals surface area contributed by atoms with Gasteiger partial charge < -0.3 is 19.5 Å². The summed E-state index contributed by atoms with van der Waals surface area (Å²) in [5.74, 6) is 1.81. The van der Waals surface area contributed by atoms with E-state index in [0.29, 0.717) is 6.04 Å². The molecule has 0 saturated carbocycles. The van der Waals surface area contributed by atoms with Crippen LogP contribution in [-0.2, 0) is 4.74 Å². The average Bonchev–Trinajstić information content (AvgIpc) is 2.59. The third-order valence-corrected chi connectivity index (χ3v) is 4.41. The first kappa shape index (κ1) is 15.6. The summed E-state index contributed by atoms with van der Waals surface area (Å²) >= 11 is 0. The Bertz CT molecular complexity index is 475. The van der Waals surface area contributed by atoms with E-state index in [4.69, 9.17) is 14.2 Å². The quantitative estimate of drug-likeness (QED) is 0.812. The van der Waals surface area contributed by atoms with Gasteiger partial charge in [-0.3, -0.25) is 4.90 Å². The molecule has 122 valence electrons. The number of nitrogens with one attached hydrogen (secondary N) is 1. The number of nitrogens with zero attached hydrogens (tertiary/aromatic N) is 1. The summed E-state index contributed by atoms with van der Waals surface area (Å²) in [6.45, 7) is 6.84. The normalized spacial score (nSPS) is 22.0. The molecular formula is C17H26N2O3. The molecule has 1 aromatic rings. The van der Waals surface area contributed by atoms with Gasteiger partial charge in [-0.1, -0.05) is 6.07 Å². The van der Waals surface area contributed by atoms with E-state index in [1.54, 1.807) is 7.11 Å². The number of rotatable bonds is 6. The Morgan fingerprint density at radius 1 is 1.27 bits per heavy atom. The fourth-order valence-corrected chi connectivity index (χ4v) is 3.11. The fraction of sp³-hybridized carbons (Fsp3) is 0.647. The van der Waals surface area contributed by atoms with Crippen LogP contribution in [0.15, 0.2) is 18.2 Å². The van der Waals surface area contributed by atoms with Crippen LogP contribution in [0.25, 0.3) is 0 Å². The summed E-state index contributed by atoms with van der Waals surface area (Å²) in [6, 6.07) is 6.50. The number of morpholine rings is 1. The van der Waals surface area contributed by atoms with E-state index in [-0.39, 0.29) is 0 Å². The van der Waals surface area contributed by atoms with Crippen molar-refractivity contribution >= 4 is 0 Å². The monoisotopic (exact) mass is 306 g/mol. The zero-order chi connectivity index (χ0) is 15.2. The first-order chi connectivity index (χ1) is 10.9. The highest BCUT2D eigenvalue weighted by Crippen LogP contribution is 2.34. The second-order valence-corrected chi connectivity index (χ2v) is 5.86. The van der Waals surface area contributed by atoms with Crippen molar-refractivity contribution in [2.24, 2.45) is 0 Å². The first-order valence-electron chi connectivity index (χ1n) is 8.21. The van der Waals surface area contributed by atoms with Crippen LogP contribution in [0.2, 0.25) is 0 Å². The van der Waals surface area contributed by atoms with Gasteiger partial charge in [0.25, 0.3) is 0 Å². The maximum absolute atomic E-state index is 5.76. The van der Waals surface area contributed by atoms with E-state index in [2.05, 4.69) is 16.3 Å². The first-order valence-corrected chi connectivity index (χ1v) is 8.21. The van der Waals surface area contributed by atoms with Crippen LogP contribution in [0.1, 0.15) is 24.4 Å². The summed E-state index contributed by atoms with van der Waals surface area (Å²) in [5.41, 5.74) is 1.25. The Hall–Kier alpha value is -1.30. The molecule has 1 N–H and O–H groups in total. The molecule has 1 aromatic carbocycles. The molecule has 0 amide bonds. The maximum atomic E-state index is 5.76. The second kappa shape index (κ2) is 7.81. The largest absolute Gasteiger partial charge is 0.497 e. The van der Waals surface area contributed by atoms with Crippen molar-refractivity contribution in [3.63, 3.8) is 0 Å². The van der Waals surface area contributed by atoms with Crippen LogP contribution in [0, 0.1) is 0 Å². The number of benzene rings is 1. The topological polar surface area (TPSA) is 43.0 Å². The predicted octanol–water partition coefficient (Wildman–Crippen LogP) is 1.83. The van der Waals surface area contributed by atoms with E-state index >= 15 is 0 Å². The van der Waals surface area contributed by atoms with Crippen molar-refractivity contribution in [2.45, 2.75) is 18.9 Å². The van der Waals surface area contributed by atoms with E-state index in [1.807, 2.05) is 12.1 Å². The Morgan fingerprint density at radius 3 is 2.95 bits per heavy atom. The van der Waals surface area contributed by atoms with E-state index in [0.717, 1.165) is 63.9 Å². The van der Waals surface area contributed by atoms with Gasteiger partial charge in [-0.2, -0.15) is 0 Å². The molecule has 1 fully saturated rings. The summed E-state index contributed by atoms with van der Waals surface area (Å²) in [7, 11) is 1.69. The van der Waals surface area contributed by atoms with Gasteiger partial charge in [0.2, 0.25) is 0 Å². The van der Waals surface area contributed by atoms with Crippen molar-refractivity contribution in [1.82, 2.24) is 10.2 Å². The molecule has 5 heteroatoms. The maximum Gasteiger partial charge on any atom is 0.127 e. The molecule has 2 aliphatic rings. The molecule has 3 rings (SSSR count). The zero-order valence-electron chi connectivity index (χ0n) is 13.3. The standard InChI is InChI=1S/C17H26N2O3/c1-20-14-3-4-15-16(5-10-22-17(15)13-14)18-6-2-7-19-8-11-21-12-9-19/h3-4,13,16,18H,2,5-12H2,1H3. The lowest BCUT2D eigenvalue weighted by Crippen LogP contribution is -2.38. The third-order valence-electron chi connectivity index (χ3n) is 4.41. The molecule has 1 unspecified atom stereocenters. The number of hydrogen-bond acceptors (Lipinski definition) is 5. The smallest absolute Gasteiger partial charge is 0.127 e. The predicted molar refractivity (Wildman–Crippen MR) is 85.7 cm³/mol. The van der Waals surface area contributed by atoms with Crippen LogP contribution in [0.5, 0.6) is 11.5 Å². The number of ether oxygens (including phenoxy) is 3. The van der Waals surface area contributed by atoms with Gasteiger partial charge in [-0.25, -0.2) is 0 Å². The van der Waals surface area contributed by atoms with Crippen molar-refractivity contribution < 1.29 is 14.2 Å². The van der Waals surface area contributed by atoms with Gasteiger partial charge in [0, 0.05) is 37.2 Å². The minimum Gasteiger partial charge on any atom is -0.497 e. The molecule has 0 spiro atoms. The molecule has 0 radical (unpaired) electrons. The Labute approximate surface area is 132 Å². The molecule has 2 heterocycles. The van der Waals surface area contributed by atoms with Crippen molar-refractivity contribution in [1.29, 1.82) is 0 Å². The van der Waals surface area contributed by atoms with Crippen LogP contribution in [0.3, 0.4) is 0 Å². The number of hydrogen-bond donors (Lipinski definition) is 1. The molecule has 0 aromatic heterocycles. The summed E-state index contributed by atoms with van der Waals surface area (Å²) in [6.07, 6.45) is 2.19. The Balaban J connectivity index is 1.47. The van der Waals surface area contributed by atoms with Gasteiger partial charge in [0.05, 0.1) is 26.9 Å². The summed E-state index contributed by atoms with van der Waals surface area (Å²) in [4.78, 5) is 2.48. The van der Waals surface area contributed by atoms with E-state index < -0.39 is 0 Å². The molecular weight excluding hydrogens is 280 g/mol. The van der Waals surface area contributed by atoms with E-state index in [1.165, 1.54) is 12.0 Å². The van der Waals surface area contributed by atoms with Crippen LogP contribution in [-0.4, -0.2) is 58.0 Å². The number of methoxy groups -OCH3 is 1. The van der Waals surface area contributed by atoms with Gasteiger partial charge in [0.1, 0.15) is 11.5 Å². The molecule has 5 nitrogen and oxygen atoms in total. The Morgan fingerprint density at radius 2 is 2.14 bits per heavy atom. The van der Waals surface area contributed by atoms with Gasteiger partial charge in [-0.15, -0.1) is 0 Å². The minimum absolute atomic E-state index is 0.388. The van der Waals surface area contributed by atoms with Crippen molar-refractivity contribution in [3.8, 4) is 11.5 Å². The molecule has 1 saturated heterocycles. The minimum atomic E-state index is 0.388. The molecule has 2 aliphatic heterocycles. The number of fused-ring (bicyclic) bond motifs is 1. The third kappa shape index (κ3) is 3.91. The lowest BCUT2D eigenvalue weighted by atomic mass is 10.00. The SMILES string of the molecule is COc1ccc2c(c1)OCCC2NCCCN1CCOCC1. The summed E-state index contributed by atoms with van der Waals surface area (Å²) < 4.78 is 16.4. The summed E-state index contributed by atoms with van der Waals surface area (Å²) in [5, 5.41) is 3.68. The Kier molecular flexibility index (Phi) is 5.53. The van der Waals surface area contributed by atoms with Crippen LogP contribution in [0.4, 0.5) is 0 Å². The lowest BCUT2D eigenvalue weighted by molar-refractivity contribution is 0.0373. The van der Waals surface area contributed by atoms with Crippen LogP contribution < -0.4 is 14.8 Å². The van der Waals surface area contributed by atoms with Crippen LogP contribution >= 0.6 is 0 Å². The van der Waals surface area contributed by atoms with E-state index in [9.17, 15) is 0 Å². The second-order valence-electron chi connectivity index (χ2n) is 5.86. The zero-order valence-corrected chi connectivity index (χ0v) is 13.3. The van der Waals surface area contributed by atoms with Crippen molar-refractivity contribution in [2.75, 3.05) is 53.1 Å². The van der Waals surface area contributed by atoms with Crippen molar-refractivity contribution in [3.05, 3.63) is 23.8 Å². The highest BCUT2D eigenvalue weighted by molar-refractivity contribution is 5.43.